The average Bonchev–Trinajstić information content (AvgIpc) is 2.26. The third kappa shape index (κ3) is 5.59. The Morgan fingerprint density at radius 1 is 1.47 bits per heavy atom. The van der Waals surface area contributed by atoms with Gasteiger partial charge in [0, 0.05) is 24.2 Å². The molecule has 0 bridgehead atoms. The van der Waals surface area contributed by atoms with Gasteiger partial charge in [-0.1, -0.05) is 15.9 Å². The third-order valence-electron chi connectivity index (χ3n) is 2.54. The average molecular weight is 305 g/mol. The molecule has 1 aromatic rings. The Kier molecular flexibility index (Phi) is 6.65. The Morgan fingerprint density at radius 2 is 2.24 bits per heavy atom. The molecule has 0 aliphatic rings. The first-order valence-corrected chi connectivity index (χ1v) is 6.35. The highest BCUT2D eigenvalue weighted by molar-refractivity contribution is 9.10. The highest BCUT2D eigenvalue weighted by Crippen LogP contribution is 2.17. The van der Waals surface area contributed by atoms with E-state index in [1.54, 1.807) is 7.11 Å². The van der Waals surface area contributed by atoms with Gasteiger partial charge in [0.15, 0.2) is 0 Å². The number of hydrogen-bond donors (Lipinski definition) is 2. The number of nitrogens with one attached hydrogen (secondary N) is 1. The van der Waals surface area contributed by atoms with Gasteiger partial charge >= 0.3 is 0 Å². The van der Waals surface area contributed by atoms with Crippen molar-refractivity contribution in [3.63, 3.8) is 0 Å². The molecule has 0 radical (unpaired) electrons. The van der Waals surface area contributed by atoms with Crippen molar-refractivity contribution in [1.82, 2.24) is 5.43 Å². The highest BCUT2D eigenvalue weighted by Gasteiger charge is 2.09. The van der Waals surface area contributed by atoms with Crippen LogP contribution in [0.5, 0.6) is 0 Å². The van der Waals surface area contributed by atoms with Crippen molar-refractivity contribution in [1.29, 1.82) is 0 Å². The predicted octanol–water partition coefficient (Wildman–Crippen LogP) is 2.39. The summed E-state index contributed by atoms with van der Waals surface area (Å²) in [6, 6.07) is 5.02. The zero-order valence-electron chi connectivity index (χ0n) is 9.88. The fraction of sp³-hybridized carbons (Fsp3) is 0.500. The van der Waals surface area contributed by atoms with Crippen LogP contribution < -0.4 is 11.3 Å². The lowest BCUT2D eigenvalue weighted by atomic mass is 10.0. The lowest BCUT2D eigenvalue weighted by Gasteiger charge is -2.15. The quantitative estimate of drug-likeness (QED) is 0.462. The maximum atomic E-state index is 13.2. The Balaban J connectivity index is 2.54. The number of halogens is 2. The van der Waals surface area contributed by atoms with Gasteiger partial charge < -0.3 is 4.74 Å². The molecule has 0 aromatic heterocycles. The summed E-state index contributed by atoms with van der Waals surface area (Å²) in [4.78, 5) is 0. The molecule has 17 heavy (non-hydrogen) atoms. The maximum Gasteiger partial charge on any atom is 0.124 e. The minimum Gasteiger partial charge on any atom is -0.385 e. The number of benzene rings is 1. The van der Waals surface area contributed by atoms with Crippen LogP contribution in [0.2, 0.25) is 0 Å². The lowest BCUT2D eigenvalue weighted by molar-refractivity contribution is 0.188. The van der Waals surface area contributed by atoms with E-state index in [2.05, 4.69) is 21.4 Å². The Bertz CT molecular complexity index is 329. The van der Waals surface area contributed by atoms with Crippen LogP contribution in [-0.4, -0.2) is 19.8 Å². The van der Waals surface area contributed by atoms with E-state index in [1.807, 2.05) is 6.07 Å². The van der Waals surface area contributed by atoms with Crippen LogP contribution in [0.3, 0.4) is 0 Å². The fourth-order valence-electron chi connectivity index (χ4n) is 1.73. The van der Waals surface area contributed by atoms with Crippen molar-refractivity contribution in [2.75, 3.05) is 13.7 Å². The normalized spacial score (nSPS) is 12.7. The van der Waals surface area contributed by atoms with E-state index in [0.29, 0.717) is 13.0 Å². The molecule has 0 amide bonds. The molecule has 0 saturated carbocycles. The Hall–Kier alpha value is -0.490. The number of hydrogen-bond acceptors (Lipinski definition) is 3. The molecule has 0 aliphatic carbocycles. The van der Waals surface area contributed by atoms with E-state index in [1.165, 1.54) is 12.1 Å². The molecule has 3 nitrogen and oxygen atoms in total. The molecule has 1 atom stereocenters. The number of ether oxygens (including phenoxy) is 1. The lowest BCUT2D eigenvalue weighted by Crippen LogP contribution is -2.37. The SMILES string of the molecule is COCCCC(Cc1cc(F)cc(Br)c1)NN. The van der Waals surface area contributed by atoms with Gasteiger partial charge in [-0.05, 0) is 43.0 Å². The largest absolute Gasteiger partial charge is 0.385 e. The van der Waals surface area contributed by atoms with Crippen LogP contribution in [0.15, 0.2) is 22.7 Å². The van der Waals surface area contributed by atoms with Gasteiger partial charge in [-0.3, -0.25) is 11.3 Å². The van der Waals surface area contributed by atoms with Gasteiger partial charge in [0.05, 0.1) is 0 Å². The number of rotatable bonds is 7. The molecule has 1 rings (SSSR count). The number of hydrazine groups is 1. The van der Waals surface area contributed by atoms with E-state index >= 15 is 0 Å². The predicted molar refractivity (Wildman–Crippen MR) is 70.0 cm³/mol. The molecule has 3 N–H and O–H groups in total. The van der Waals surface area contributed by atoms with E-state index < -0.39 is 0 Å². The summed E-state index contributed by atoms with van der Waals surface area (Å²) >= 11 is 3.28. The summed E-state index contributed by atoms with van der Waals surface area (Å²) in [6.07, 6.45) is 2.54. The molecule has 1 aromatic carbocycles. The molecular weight excluding hydrogens is 287 g/mol. The van der Waals surface area contributed by atoms with Gasteiger partial charge in [-0.25, -0.2) is 4.39 Å². The molecule has 0 spiro atoms. The highest BCUT2D eigenvalue weighted by atomic mass is 79.9. The van der Waals surface area contributed by atoms with Gasteiger partial charge in [-0.2, -0.15) is 0 Å². The second kappa shape index (κ2) is 7.76. The number of nitrogens with two attached hydrogens (primary N) is 1. The maximum absolute atomic E-state index is 13.2. The molecule has 96 valence electrons. The summed E-state index contributed by atoms with van der Waals surface area (Å²) in [5.74, 6) is 5.25. The zero-order chi connectivity index (χ0) is 12.7. The van der Waals surface area contributed by atoms with Gasteiger partial charge in [0.1, 0.15) is 5.82 Å². The molecule has 0 fully saturated rings. The van der Waals surface area contributed by atoms with Crippen molar-refractivity contribution in [3.05, 3.63) is 34.1 Å². The summed E-state index contributed by atoms with van der Waals surface area (Å²) in [7, 11) is 1.68. The van der Waals surface area contributed by atoms with Gasteiger partial charge in [0.2, 0.25) is 0 Å². The molecule has 1 unspecified atom stereocenters. The van der Waals surface area contributed by atoms with Crippen molar-refractivity contribution in [2.45, 2.75) is 25.3 Å². The molecule has 5 heteroatoms. The van der Waals surface area contributed by atoms with Gasteiger partial charge in [-0.15, -0.1) is 0 Å². The summed E-state index contributed by atoms with van der Waals surface area (Å²) in [5.41, 5.74) is 3.68. The third-order valence-corrected chi connectivity index (χ3v) is 3.00. The number of methoxy groups -OCH3 is 1. The molecule has 0 aliphatic heterocycles. The Labute approximate surface area is 110 Å². The second-order valence-electron chi connectivity index (χ2n) is 3.98. The monoisotopic (exact) mass is 304 g/mol. The fourth-order valence-corrected chi connectivity index (χ4v) is 2.24. The minimum atomic E-state index is -0.234. The standard InChI is InChI=1S/C12H18BrFN2O/c1-17-4-2-3-12(16-15)7-9-5-10(13)8-11(14)6-9/h5-6,8,12,16H,2-4,7,15H2,1H3. The van der Waals surface area contributed by atoms with Crippen LogP contribution in [0.25, 0.3) is 0 Å². The second-order valence-corrected chi connectivity index (χ2v) is 4.90. The van der Waals surface area contributed by atoms with Crippen LogP contribution >= 0.6 is 15.9 Å². The first kappa shape index (κ1) is 14.6. The van der Waals surface area contributed by atoms with Gasteiger partial charge in [0.25, 0.3) is 0 Å². The van der Waals surface area contributed by atoms with E-state index in [4.69, 9.17) is 10.6 Å². The van der Waals surface area contributed by atoms with E-state index in [9.17, 15) is 4.39 Å². The minimum absolute atomic E-state index is 0.138. The summed E-state index contributed by atoms with van der Waals surface area (Å²) in [5, 5.41) is 0. The van der Waals surface area contributed by atoms with Crippen LogP contribution in [0, 0.1) is 5.82 Å². The van der Waals surface area contributed by atoms with Crippen molar-refractivity contribution >= 4 is 15.9 Å². The zero-order valence-corrected chi connectivity index (χ0v) is 11.5. The van der Waals surface area contributed by atoms with Crippen LogP contribution in [0.4, 0.5) is 4.39 Å². The summed E-state index contributed by atoms with van der Waals surface area (Å²) in [6.45, 7) is 0.713. The van der Waals surface area contributed by atoms with E-state index in [0.717, 1.165) is 22.9 Å². The van der Waals surface area contributed by atoms with Crippen LogP contribution in [0.1, 0.15) is 18.4 Å². The molecule has 0 heterocycles. The van der Waals surface area contributed by atoms with Crippen LogP contribution in [-0.2, 0) is 11.2 Å². The first-order valence-electron chi connectivity index (χ1n) is 5.55. The summed E-state index contributed by atoms with van der Waals surface area (Å²) < 4.78 is 18.9. The molecule has 0 saturated heterocycles. The first-order chi connectivity index (χ1) is 8.15. The Morgan fingerprint density at radius 3 is 2.82 bits per heavy atom. The van der Waals surface area contributed by atoms with E-state index in [-0.39, 0.29) is 11.9 Å². The topological polar surface area (TPSA) is 47.3 Å². The molecular formula is C12H18BrFN2O. The van der Waals surface area contributed by atoms with Crippen molar-refractivity contribution in [2.24, 2.45) is 5.84 Å². The smallest absolute Gasteiger partial charge is 0.124 e. The van der Waals surface area contributed by atoms with Crippen molar-refractivity contribution < 1.29 is 9.13 Å². The van der Waals surface area contributed by atoms with Crippen molar-refractivity contribution in [3.8, 4) is 0 Å².